The summed E-state index contributed by atoms with van der Waals surface area (Å²) in [4.78, 5) is 0. The van der Waals surface area contributed by atoms with Gasteiger partial charge in [0.2, 0.25) is 0 Å². The standard InChI is InChI=1S/C3H2F5O/c4-1-2(5,9)3(6,7)8/h1H2. The summed E-state index contributed by atoms with van der Waals surface area (Å²) in [5.74, 6) is -4.94. The van der Waals surface area contributed by atoms with Crippen molar-refractivity contribution in [3.63, 3.8) is 0 Å². The first-order valence-electron chi connectivity index (χ1n) is 1.83. The number of hydrogen-bond donors (Lipinski definition) is 0. The Hall–Kier alpha value is -0.390. The number of halogens is 5. The summed E-state index contributed by atoms with van der Waals surface area (Å²) in [5.41, 5.74) is 0. The summed E-state index contributed by atoms with van der Waals surface area (Å²) in [6, 6.07) is 0. The van der Waals surface area contributed by atoms with E-state index in [0.717, 1.165) is 0 Å². The molecule has 6 heteroatoms. The molecule has 1 atom stereocenters. The van der Waals surface area contributed by atoms with E-state index in [1.54, 1.807) is 0 Å². The Kier molecular flexibility index (Phi) is 2.00. The maximum atomic E-state index is 11.3. The van der Waals surface area contributed by atoms with Crippen LogP contribution in [-0.2, 0) is 5.11 Å². The van der Waals surface area contributed by atoms with E-state index >= 15 is 0 Å². The van der Waals surface area contributed by atoms with Gasteiger partial charge in [-0.05, 0) is 0 Å². The Morgan fingerprint density at radius 2 is 1.44 bits per heavy atom. The SMILES string of the molecule is [O]C(F)(CF)C(F)(F)F. The fourth-order valence-electron chi connectivity index (χ4n) is 0.0758. The predicted molar refractivity (Wildman–Crippen MR) is 16.6 cm³/mol. The summed E-state index contributed by atoms with van der Waals surface area (Å²) in [6.07, 6.45) is -5.65. The molecule has 55 valence electrons. The molecule has 0 heterocycles. The maximum Gasteiger partial charge on any atom is 0.454 e. The van der Waals surface area contributed by atoms with Crippen molar-refractivity contribution in [1.29, 1.82) is 0 Å². The van der Waals surface area contributed by atoms with Crippen molar-refractivity contribution in [2.45, 2.75) is 12.0 Å². The third-order valence-corrected chi connectivity index (χ3v) is 0.595. The quantitative estimate of drug-likeness (QED) is 0.505. The van der Waals surface area contributed by atoms with Crippen molar-refractivity contribution in [3.8, 4) is 0 Å². The van der Waals surface area contributed by atoms with Crippen LogP contribution >= 0.6 is 0 Å². The van der Waals surface area contributed by atoms with Crippen molar-refractivity contribution in [2.24, 2.45) is 0 Å². The minimum atomic E-state index is -5.65. The van der Waals surface area contributed by atoms with Crippen LogP contribution in [0.5, 0.6) is 0 Å². The van der Waals surface area contributed by atoms with Crippen molar-refractivity contribution < 1.29 is 27.1 Å². The van der Waals surface area contributed by atoms with Gasteiger partial charge in [0.05, 0.1) is 0 Å². The number of rotatable bonds is 1. The van der Waals surface area contributed by atoms with Gasteiger partial charge in [-0.15, -0.1) is 0 Å². The molecule has 0 fully saturated rings. The molecule has 0 aromatic carbocycles. The van der Waals surface area contributed by atoms with Crippen LogP contribution in [-0.4, -0.2) is 18.7 Å². The van der Waals surface area contributed by atoms with Gasteiger partial charge < -0.3 is 0 Å². The van der Waals surface area contributed by atoms with Gasteiger partial charge in [-0.3, -0.25) is 0 Å². The van der Waals surface area contributed by atoms with Gasteiger partial charge in [0.15, 0.2) is 6.67 Å². The molecule has 1 radical (unpaired) electrons. The molecular formula is C3H2F5O. The van der Waals surface area contributed by atoms with Gasteiger partial charge in [-0.1, -0.05) is 0 Å². The normalized spacial score (nSPS) is 19.3. The fraction of sp³-hybridized carbons (Fsp3) is 1.00. The van der Waals surface area contributed by atoms with E-state index in [-0.39, 0.29) is 0 Å². The highest BCUT2D eigenvalue weighted by molar-refractivity contribution is 4.72. The lowest BCUT2D eigenvalue weighted by molar-refractivity contribution is -0.341. The molecule has 1 nitrogen and oxygen atoms in total. The van der Waals surface area contributed by atoms with E-state index in [0.29, 0.717) is 0 Å². The molecule has 9 heavy (non-hydrogen) atoms. The van der Waals surface area contributed by atoms with Crippen LogP contribution in [0.15, 0.2) is 0 Å². The summed E-state index contributed by atoms with van der Waals surface area (Å²) in [5, 5.41) is 9.33. The van der Waals surface area contributed by atoms with Crippen molar-refractivity contribution >= 4 is 0 Å². The van der Waals surface area contributed by atoms with Gasteiger partial charge in [0, 0.05) is 0 Å². The van der Waals surface area contributed by atoms with E-state index in [1.807, 2.05) is 0 Å². The van der Waals surface area contributed by atoms with Gasteiger partial charge in [-0.2, -0.15) is 22.7 Å². The highest BCUT2D eigenvalue weighted by atomic mass is 19.4. The van der Waals surface area contributed by atoms with Crippen molar-refractivity contribution in [2.75, 3.05) is 6.67 Å². The van der Waals surface area contributed by atoms with Crippen LogP contribution in [0.4, 0.5) is 22.0 Å². The Balaban J connectivity index is 4.14. The molecule has 1 unspecified atom stereocenters. The summed E-state index contributed by atoms with van der Waals surface area (Å²) >= 11 is 0. The topological polar surface area (TPSA) is 19.9 Å². The van der Waals surface area contributed by atoms with Gasteiger partial charge in [-0.25, -0.2) is 4.39 Å². The van der Waals surface area contributed by atoms with Crippen LogP contribution in [0.25, 0.3) is 0 Å². The Morgan fingerprint density at radius 3 is 1.44 bits per heavy atom. The van der Waals surface area contributed by atoms with E-state index in [9.17, 15) is 27.1 Å². The van der Waals surface area contributed by atoms with Gasteiger partial charge in [0.1, 0.15) is 0 Å². The molecule has 0 spiro atoms. The van der Waals surface area contributed by atoms with Crippen LogP contribution in [0, 0.1) is 0 Å². The average Bonchev–Trinajstić information content (AvgIpc) is 1.64. The van der Waals surface area contributed by atoms with Gasteiger partial charge in [0.25, 0.3) is 0 Å². The predicted octanol–water partition coefficient (Wildman–Crippen LogP) is 1.61. The molecule has 0 aromatic rings. The third kappa shape index (κ3) is 1.78. The summed E-state index contributed by atoms with van der Waals surface area (Å²) in [6.45, 7) is -2.59. The van der Waals surface area contributed by atoms with E-state index in [2.05, 4.69) is 0 Å². The highest BCUT2D eigenvalue weighted by Gasteiger charge is 2.57. The van der Waals surface area contributed by atoms with E-state index in [1.165, 1.54) is 0 Å². The zero-order chi connectivity index (χ0) is 7.71. The molecule has 0 aliphatic carbocycles. The fourth-order valence-corrected chi connectivity index (χ4v) is 0.0758. The van der Waals surface area contributed by atoms with Crippen LogP contribution in [0.2, 0.25) is 0 Å². The molecule has 0 aliphatic rings. The van der Waals surface area contributed by atoms with E-state index in [4.69, 9.17) is 0 Å². The molecular weight excluding hydrogens is 147 g/mol. The molecule has 0 aliphatic heterocycles. The zero-order valence-corrected chi connectivity index (χ0v) is 4.01. The lowest BCUT2D eigenvalue weighted by Gasteiger charge is -2.14. The molecule has 0 amide bonds. The average molecular weight is 149 g/mol. The Morgan fingerprint density at radius 1 is 1.11 bits per heavy atom. The second kappa shape index (κ2) is 2.09. The first kappa shape index (κ1) is 8.61. The maximum absolute atomic E-state index is 11.3. The monoisotopic (exact) mass is 149 g/mol. The van der Waals surface area contributed by atoms with Crippen LogP contribution < -0.4 is 0 Å². The van der Waals surface area contributed by atoms with Crippen molar-refractivity contribution in [3.05, 3.63) is 0 Å². The third-order valence-electron chi connectivity index (χ3n) is 0.595. The first-order valence-corrected chi connectivity index (χ1v) is 1.83. The van der Waals surface area contributed by atoms with Crippen LogP contribution in [0.1, 0.15) is 0 Å². The van der Waals surface area contributed by atoms with E-state index < -0.39 is 18.7 Å². The first-order chi connectivity index (χ1) is 3.81. The molecule has 0 N–H and O–H groups in total. The zero-order valence-electron chi connectivity index (χ0n) is 4.01. The number of alkyl halides is 5. The van der Waals surface area contributed by atoms with Crippen molar-refractivity contribution in [1.82, 2.24) is 0 Å². The number of hydrogen-bond acceptors (Lipinski definition) is 0. The minimum Gasteiger partial charge on any atom is -0.244 e. The van der Waals surface area contributed by atoms with Gasteiger partial charge >= 0.3 is 12.0 Å². The molecule has 0 aromatic heterocycles. The molecule has 0 saturated carbocycles. The second-order valence-electron chi connectivity index (χ2n) is 1.36. The lowest BCUT2D eigenvalue weighted by Crippen LogP contribution is -2.41. The summed E-state index contributed by atoms with van der Waals surface area (Å²) in [7, 11) is 0. The minimum absolute atomic E-state index is 2.59. The van der Waals surface area contributed by atoms with Crippen LogP contribution in [0.3, 0.4) is 0 Å². The summed E-state index contributed by atoms with van der Waals surface area (Å²) < 4.78 is 54.8. The molecule has 0 saturated heterocycles. The second-order valence-corrected chi connectivity index (χ2v) is 1.36. The molecule has 0 rings (SSSR count). The molecule has 0 bridgehead atoms. The lowest BCUT2D eigenvalue weighted by atomic mass is 10.3. The smallest absolute Gasteiger partial charge is 0.244 e. The Bertz CT molecular complexity index is 94.9. The Labute approximate surface area is 47.1 Å². The highest BCUT2D eigenvalue weighted by Crippen LogP contribution is 2.32. The largest absolute Gasteiger partial charge is 0.454 e.